The summed E-state index contributed by atoms with van der Waals surface area (Å²) in [6, 6.07) is 5.16. The van der Waals surface area contributed by atoms with Crippen molar-refractivity contribution in [3.05, 3.63) is 29.3 Å². The molecule has 0 radical (unpaired) electrons. The maximum Gasteiger partial charge on any atom is 0.294 e. The maximum atomic E-state index is 11.6. The summed E-state index contributed by atoms with van der Waals surface area (Å²) in [6.07, 6.45) is 16.8. The third kappa shape index (κ3) is 10.3. The van der Waals surface area contributed by atoms with Crippen molar-refractivity contribution in [2.75, 3.05) is 0 Å². The van der Waals surface area contributed by atoms with E-state index in [9.17, 15) is 13.0 Å². The van der Waals surface area contributed by atoms with Crippen LogP contribution in [0, 0.1) is 6.92 Å². The van der Waals surface area contributed by atoms with E-state index in [1.165, 1.54) is 76.7 Å². The van der Waals surface area contributed by atoms with Gasteiger partial charge in [-0.05, 0) is 30.9 Å². The highest BCUT2D eigenvalue weighted by Gasteiger charge is 2.19. The van der Waals surface area contributed by atoms with E-state index in [1.54, 1.807) is 6.07 Å². The minimum absolute atomic E-state index is 0.0690. The monoisotopic (exact) mass is 396 g/mol. The summed E-state index contributed by atoms with van der Waals surface area (Å²) in [4.78, 5) is 0.0690. The highest BCUT2D eigenvalue weighted by Crippen LogP contribution is 2.29. The molecular weight excluding hydrogens is 356 g/mol. The molecule has 0 fully saturated rings. The van der Waals surface area contributed by atoms with Crippen LogP contribution < -0.4 is 0 Å². The summed E-state index contributed by atoms with van der Waals surface area (Å²) >= 11 is 0. The van der Waals surface area contributed by atoms with Crippen LogP contribution in [0.3, 0.4) is 0 Å². The maximum absolute atomic E-state index is 11.6. The van der Waals surface area contributed by atoms with E-state index in [4.69, 9.17) is 0 Å². The van der Waals surface area contributed by atoms with E-state index in [0.717, 1.165) is 24.0 Å². The van der Waals surface area contributed by atoms with E-state index in [2.05, 4.69) is 13.8 Å². The Morgan fingerprint density at radius 2 is 1.33 bits per heavy atom. The Labute approximate surface area is 167 Å². The predicted octanol–water partition coefficient (Wildman–Crippen LogP) is 7.44. The lowest BCUT2D eigenvalue weighted by Crippen LogP contribution is -2.06. The van der Waals surface area contributed by atoms with E-state index in [-0.39, 0.29) is 10.8 Å². The smallest absolute Gasteiger partial charge is 0.282 e. The number of rotatable bonds is 15. The van der Waals surface area contributed by atoms with Crippen molar-refractivity contribution in [2.45, 2.75) is 115 Å². The first-order chi connectivity index (χ1) is 12.9. The number of hydrogen-bond donors (Lipinski definition) is 1. The highest BCUT2D eigenvalue weighted by molar-refractivity contribution is 7.85. The molecule has 27 heavy (non-hydrogen) atoms. The molecule has 1 atom stereocenters. The molecule has 1 unspecified atom stereocenters. The Bertz CT molecular complexity index is 623. The lowest BCUT2D eigenvalue weighted by Gasteiger charge is -2.16. The van der Waals surface area contributed by atoms with Gasteiger partial charge in [0.1, 0.15) is 0 Å². The second-order valence-corrected chi connectivity index (χ2v) is 9.49. The molecule has 0 aliphatic rings. The third-order valence-corrected chi connectivity index (χ3v) is 6.39. The fourth-order valence-corrected chi connectivity index (χ4v) is 4.53. The van der Waals surface area contributed by atoms with Gasteiger partial charge in [-0.3, -0.25) is 4.55 Å². The zero-order chi connectivity index (χ0) is 20.1. The molecular formula is C23H40O3S. The average Bonchev–Trinajstić information content (AvgIpc) is 2.61. The van der Waals surface area contributed by atoms with E-state index < -0.39 is 10.1 Å². The van der Waals surface area contributed by atoms with E-state index >= 15 is 0 Å². The van der Waals surface area contributed by atoms with Crippen LogP contribution in [0.15, 0.2) is 23.1 Å². The molecule has 0 amide bonds. The van der Waals surface area contributed by atoms with Crippen LogP contribution >= 0.6 is 0 Å². The van der Waals surface area contributed by atoms with Gasteiger partial charge < -0.3 is 0 Å². The Morgan fingerprint density at radius 1 is 0.852 bits per heavy atom. The lowest BCUT2D eigenvalue weighted by atomic mass is 9.93. The van der Waals surface area contributed by atoms with Crippen molar-refractivity contribution in [1.29, 1.82) is 0 Å². The van der Waals surface area contributed by atoms with Crippen LogP contribution in [0.1, 0.15) is 114 Å². The van der Waals surface area contributed by atoms with Gasteiger partial charge in [0.15, 0.2) is 0 Å². The summed E-state index contributed by atoms with van der Waals surface area (Å²) in [6.45, 7) is 6.27. The van der Waals surface area contributed by atoms with Gasteiger partial charge in [0.25, 0.3) is 10.1 Å². The van der Waals surface area contributed by atoms with Crippen LogP contribution in [0.2, 0.25) is 0 Å². The summed E-state index contributed by atoms with van der Waals surface area (Å²) in [7, 11) is -4.15. The van der Waals surface area contributed by atoms with Gasteiger partial charge in [0.05, 0.1) is 4.90 Å². The van der Waals surface area contributed by atoms with Gasteiger partial charge in [-0.25, -0.2) is 0 Å². The second kappa shape index (κ2) is 13.3. The van der Waals surface area contributed by atoms with Crippen LogP contribution in [-0.4, -0.2) is 13.0 Å². The number of hydrogen-bond acceptors (Lipinski definition) is 2. The quantitative estimate of drug-likeness (QED) is 0.247. The predicted molar refractivity (Wildman–Crippen MR) is 115 cm³/mol. The molecule has 0 bridgehead atoms. The van der Waals surface area contributed by atoms with Crippen molar-refractivity contribution in [2.24, 2.45) is 0 Å². The van der Waals surface area contributed by atoms with Gasteiger partial charge in [-0.1, -0.05) is 109 Å². The first kappa shape index (κ1) is 24.2. The average molecular weight is 397 g/mol. The van der Waals surface area contributed by atoms with Gasteiger partial charge in [0, 0.05) is 0 Å². The first-order valence-electron chi connectivity index (χ1n) is 10.9. The topological polar surface area (TPSA) is 54.4 Å². The highest BCUT2D eigenvalue weighted by atomic mass is 32.2. The second-order valence-electron chi connectivity index (χ2n) is 8.10. The Morgan fingerprint density at radius 3 is 1.81 bits per heavy atom. The van der Waals surface area contributed by atoms with Crippen molar-refractivity contribution in [3.8, 4) is 0 Å². The minimum Gasteiger partial charge on any atom is -0.282 e. The Kier molecular flexibility index (Phi) is 11.9. The molecule has 1 aromatic rings. The van der Waals surface area contributed by atoms with Gasteiger partial charge >= 0.3 is 0 Å². The zero-order valence-electron chi connectivity index (χ0n) is 17.7. The lowest BCUT2D eigenvalue weighted by molar-refractivity contribution is 0.479. The van der Waals surface area contributed by atoms with Gasteiger partial charge in [0.2, 0.25) is 0 Å². The largest absolute Gasteiger partial charge is 0.294 e. The molecule has 1 N–H and O–H groups in total. The molecule has 0 saturated carbocycles. The molecule has 0 aliphatic carbocycles. The van der Waals surface area contributed by atoms with Crippen LogP contribution in [0.25, 0.3) is 0 Å². The van der Waals surface area contributed by atoms with Crippen LogP contribution in [0.5, 0.6) is 0 Å². The molecule has 0 saturated heterocycles. The van der Waals surface area contributed by atoms with Gasteiger partial charge in [-0.15, -0.1) is 0 Å². The molecule has 1 rings (SSSR count). The van der Waals surface area contributed by atoms with Crippen LogP contribution in [-0.2, 0) is 10.1 Å². The zero-order valence-corrected chi connectivity index (χ0v) is 18.5. The fraction of sp³-hybridized carbons (Fsp3) is 0.739. The molecule has 156 valence electrons. The van der Waals surface area contributed by atoms with E-state index in [1.807, 2.05) is 13.0 Å². The molecule has 3 nitrogen and oxygen atoms in total. The summed E-state index contributed by atoms with van der Waals surface area (Å²) < 4.78 is 32.7. The van der Waals surface area contributed by atoms with Crippen molar-refractivity contribution >= 4 is 10.1 Å². The standard InChI is InChI=1S/C23H40O3S/c1-4-5-6-7-8-9-10-11-12-13-14-15-16-21(3)22-19-20(2)17-18-23(22)27(24,25)26/h17-19,21H,4-16H2,1-3H3,(H,24,25,26). The van der Waals surface area contributed by atoms with Crippen LogP contribution in [0.4, 0.5) is 0 Å². The summed E-state index contributed by atoms with van der Waals surface area (Å²) in [5.41, 5.74) is 1.78. The number of unbranched alkanes of at least 4 members (excludes halogenated alkanes) is 11. The molecule has 0 aliphatic heterocycles. The molecule has 0 aromatic heterocycles. The molecule has 1 aromatic carbocycles. The SMILES string of the molecule is CCCCCCCCCCCCCCC(C)c1cc(C)ccc1S(=O)(=O)O. The first-order valence-corrected chi connectivity index (χ1v) is 12.4. The normalized spacial score (nSPS) is 13.0. The third-order valence-electron chi connectivity index (χ3n) is 5.46. The Hall–Kier alpha value is -0.870. The molecule has 0 spiro atoms. The number of aryl methyl sites for hydroxylation is 1. The summed E-state index contributed by atoms with van der Waals surface area (Å²) in [5.74, 6) is 0.143. The van der Waals surface area contributed by atoms with E-state index in [0.29, 0.717) is 0 Å². The van der Waals surface area contributed by atoms with Crippen molar-refractivity contribution in [3.63, 3.8) is 0 Å². The molecule has 4 heteroatoms. The van der Waals surface area contributed by atoms with Gasteiger partial charge in [-0.2, -0.15) is 8.42 Å². The fourth-order valence-electron chi connectivity index (χ4n) is 3.73. The molecule has 0 heterocycles. The summed E-state index contributed by atoms with van der Waals surface area (Å²) in [5, 5.41) is 0. The van der Waals surface area contributed by atoms with Crippen molar-refractivity contribution < 1.29 is 13.0 Å². The number of benzene rings is 1. The van der Waals surface area contributed by atoms with Crippen molar-refractivity contribution in [1.82, 2.24) is 0 Å². The Balaban J connectivity index is 2.20. The minimum atomic E-state index is -4.15.